The molecule has 0 atom stereocenters. The minimum atomic E-state index is -1.73. The molecule has 4 rings (SSSR count). The molecule has 1 heteroatoms. The van der Waals surface area contributed by atoms with Crippen LogP contribution in [0.2, 0.25) is 13.1 Å². The van der Waals surface area contributed by atoms with E-state index in [1.807, 2.05) is 0 Å². The number of hydrogen-bond donors (Lipinski definition) is 0. The molecule has 140 valence electrons. The summed E-state index contributed by atoms with van der Waals surface area (Å²) in [6.07, 6.45) is 2.32. The highest BCUT2D eigenvalue weighted by molar-refractivity contribution is 6.92. The van der Waals surface area contributed by atoms with Gasteiger partial charge in [-0.3, -0.25) is 0 Å². The lowest BCUT2D eigenvalue weighted by Gasteiger charge is -2.31. The van der Waals surface area contributed by atoms with E-state index in [2.05, 4.69) is 89.3 Å². The molecule has 0 aliphatic heterocycles. The van der Waals surface area contributed by atoms with Crippen molar-refractivity contribution in [1.29, 1.82) is 0 Å². The fourth-order valence-corrected chi connectivity index (χ4v) is 9.21. The number of hydrogen-bond acceptors (Lipinski definition) is 0. The molecule has 0 unspecified atom stereocenters. The van der Waals surface area contributed by atoms with Crippen LogP contribution in [0.3, 0.4) is 0 Å². The van der Waals surface area contributed by atoms with E-state index in [-0.39, 0.29) is 0 Å². The summed E-state index contributed by atoms with van der Waals surface area (Å²) >= 11 is 0. The van der Waals surface area contributed by atoms with Gasteiger partial charge in [-0.2, -0.15) is 0 Å². The van der Waals surface area contributed by atoms with Gasteiger partial charge in [-0.25, -0.2) is 0 Å². The summed E-state index contributed by atoms with van der Waals surface area (Å²) in [5.74, 6) is 1.17. The summed E-state index contributed by atoms with van der Waals surface area (Å²) in [4.78, 5) is 0. The number of rotatable bonds is 4. The second-order valence-electron chi connectivity index (χ2n) is 9.39. The molecule has 2 aliphatic rings. The Morgan fingerprint density at radius 3 is 1.37 bits per heavy atom. The zero-order valence-corrected chi connectivity index (χ0v) is 18.7. The highest BCUT2D eigenvalue weighted by Gasteiger charge is 2.41. The summed E-state index contributed by atoms with van der Waals surface area (Å²) in [6.45, 7) is 14.7. The Balaban J connectivity index is 1.89. The van der Waals surface area contributed by atoms with E-state index in [4.69, 9.17) is 0 Å². The molecule has 0 heterocycles. The van der Waals surface area contributed by atoms with Gasteiger partial charge < -0.3 is 0 Å². The first kappa shape index (κ1) is 18.5. The Hall–Kier alpha value is -1.86. The van der Waals surface area contributed by atoms with Crippen molar-refractivity contribution in [3.05, 3.63) is 81.2 Å². The molecule has 0 radical (unpaired) electrons. The third-order valence-corrected chi connectivity index (χ3v) is 10.6. The van der Waals surface area contributed by atoms with Crippen LogP contribution in [0.5, 0.6) is 0 Å². The normalized spacial score (nSPS) is 16.6. The van der Waals surface area contributed by atoms with Crippen LogP contribution in [0, 0.1) is 11.8 Å². The van der Waals surface area contributed by atoms with Crippen molar-refractivity contribution in [2.75, 3.05) is 0 Å². The molecule has 0 N–H and O–H groups in total. The maximum absolute atomic E-state index is 2.61. The molecule has 2 aromatic carbocycles. The van der Waals surface area contributed by atoms with Crippen molar-refractivity contribution in [3.8, 4) is 0 Å². The van der Waals surface area contributed by atoms with Gasteiger partial charge in [0.15, 0.2) is 0 Å². The van der Waals surface area contributed by atoms with Gasteiger partial charge in [0, 0.05) is 0 Å². The third kappa shape index (κ3) is 2.88. The SMILES string of the molecule is CC(C)C1=C([Si](C)(C)C2=C(C(C)C)c3ccccc3C2)Cc2ccccc21. The zero-order valence-electron chi connectivity index (χ0n) is 17.7. The highest BCUT2D eigenvalue weighted by Crippen LogP contribution is 2.48. The third-order valence-electron chi connectivity index (χ3n) is 6.66. The fourth-order valence-electron chi connectivity index (χ4n) is 5.39. The second kappa shape index (κ2) is 6.63. The summed E-state index contributed by atoms with van der Waals surface area (Å²) in [6, 6.07) is 18.2. The van der Waals surface area contributed by atoms with Crippen molar-refractivity contribution in [2.45, 2.75) is 53.6 Å². The minimum absolute atomic E-state index is 0.585. The van der Waals surface area contributed by atoms with Gasteiger partial charge in [0.2, 0.25) is 0 Å². The average Bonchev–Trinajstić information content (AvgIpc) is 3.21. The van der Waals surface area contributed by atoms with E-state index >= 15 is 0 Å². The molecule has 0 amide bonds. The minimum Gasteiger partial charge on any atom is -0.0681 e. The van der Waals surface area contributed by atoms with Crippen LogP contribution in [-0.2, 0) is 12.8 Å². The van der Waals surface area contributed by atoms with E-state index in [9.17, 15) is 0 Å². The smallest absolute Gasteiger partial charge is 0.0681 e. The molecule has 2 aliphatic carbocycles. The molecule has 0 fully saturated rings. The number of allylic oxidation sites excluding steroid dienone is 4. The summed E-state index contributed by atoms with van der Waals surface area (Å²) in [5.41, 5.74) is 9.41. The predicted molar refractivity (Wildman–Crippen MR) is 121 cm³/mol. The molecule has 0 spiro atoms. The molecule has 0 saturated carbocycles. The fraction of sp³-hybridized carbons (Fsp3) is 0.385. The summed E-state index contributed by atoms with van der Waals surface area (Å²) in [7, 11) is -1.73. The lowest BCUT2D eigenvalue weighted by molar-refractivity contribution is 0.852. The van der Waals surface area contributed by atoms with Gasteiger partial charge in [-0.1, -0.05) is 99.7 Å². The van der Waals surface area contributed by atoms with Gasteiger partial charge in [-0.15, -0.1) is 0 Å². The Morgan fingerprint density at radius 1 is 0.630 bits per heavy atom. The van der Waals surface area contributed by atoms with Crippen LogP contribution in [0.15, 0.2) is 58.9 Å². The number of fused-ring (bicyclic) bond motifs is 2. The molecule has 27 heavy (non-hydrogen) atoms. The molecule has 2 aromatic rings. The first-order chi connectivity index (χ1) is 12.8. The van der Waals surface area contributed by atoms with E-state index in [0.29, 0.717) is 11.8 Å². The van der Waals surface area contributed by atoms with Crippen LogP contribution < -0.4 is 0 Å². The maximum atomic E-state index is 2.61. The summed E-state index contributed by atoms with van der Waals surface area (Å²) < 4.78 is 0. The van der Waals surface area contributed by atoms with Gasteiger partial charge in [0.1, 0.15) is 8.07 Å². The van der Waals surface area contributed by atoms with E-state index in [1.165, 1.54) is 11.1 Å². The highest BCUT2D eigenvalue weighted by atomic mass is 28.3. The van der Waals surface area contributed by atoms with Crippen LogP contribution in [-0.4, -0.2) is 8.07 Å². The lowest BCUT2D eigenvalue weighted by atomic mass is 9.97. The van der Waals surface area contributed by atoms with Gasteiger partial charge in [0.05, 0.1) is 0 Å². The first-order valence-electron chi connectivity index (χ1n) is 10.5. The lowest BCUT2D eigenvalue weighted by Crippen LogP contribution is -2.35. The van der Waals surface area contributed by atoms with Crippen molar-refractivity contribution in [1.82, 2.24) is 0 Å². The van der Waals surface area contributed by atoms with Gasteiger partial charge in [0.25, 0.3) is 0 Å². The molecule has 0 nitrogen and oxygen atoms in total. The second-order valence-corrected chi connectivity index (χ2v) is 13.8. The quantitative estimate of drug-likeness (QED) is 0.502. The topological polar surface area (TPSA) is 0 Å². The largest absolute Gasteiger partial charge is 0.104 e. The van der Waals surface area contributed by atoms with Gasteiger partial charge in [-0.05, 0) is 58.1 Å². The standard InChI is InChI=1S/C26H32Si/c1-17(2)25-21-13-9-7-11-19(21)15-23(25)27(5,6)24-16-20-12-8-10-14-22(20)26(24)18(3)4/h7-14,17-18H,15-16H2,1-6H3. The van der Waals surface area contributed by atoms with E-state index in [1.54, 1.807) is 32.7 Å². The average molecular weight is 373 g/mol. The van der Waals surface area contributed by atoms with Crippen molar-refractivity contribution >= 4 is 19.2 Å². The molecular weight excluding hydrogens is 340 g/mol. The van der Waals surface area contributed by atoms with Crippen LogP contribution in [0.4, 0.5) is 0 Å². The van der Waals surface area contributed by atoms with E-state index in [0.717, 1.165) is 12.8 Å². The van der Waals surface area contributed by atoms with Crippen molar-refractivity contribution in [2.24, 2.45) is 11.8 Å². The monoisotopic (exact) mass is 372 g/mol. The maximum Gasteiger partial charge on any atom is 0.104 e. The molecule has 0 aromatic heterocycles. The van der Waals surface area contributed by atoms with Crippen LogP contribution >= 0.6 is 0 Å². The molecule has 0 bridgehead atoms. The molecular formula is C26H32Si. The Morgan fingerprint density at radius 2 is 1.00 bits per heavy atom. The van der Waals surface area contributed by atoms with Crippen molar-refractivity contribution in [3.63, 3.8) is 0 Å². The van der Waals surface area contributed by atoms with Gasteiger partial charge >= 0.3 is 0 Å². The predicted octanol–water partition coefficient (Wildman–Crippen LogP) is 7.11. The molecule has 0 saturated heterocycles. The Bertz CT molecular complexity index is 876. The first-order valence-corrected chi connectivity index (χ1v) is 13.5. The number of benzene rings is 2. The van der Waals surface area contributed by atoms with Crippen LogP contribution in [0.25, 0.3) is 11.1 Å². The van der Waals surface area contributed by atoms with E-state index < -0.39 is 8.07 Å². The zero-order chi connectivity index (χ0) is 19.3. The van der Waals surface area contributed by atoms with Crippen molar-refractivity contribution < 1.29 is 0 Å². The Kier molecular flexibility index (Phi) is 4.54. The van der Waals surface area contributed by atoms with Crippen LogP contribution in [0.1, 0.15) is 49.9 Å². The Labute approximate surface area is 166 Å². The summed E-state index contributed by atoms with van der Waals surface area (Å²) in [5, 5.41) is 3.55.